The molecule has 0 unspecified atom stereocenters. The zero-order chi connectivity index (χ0) is 40.4. The van der Waals surface area contributed by atoms with Gasteiger partial charge in [0.1, 0.15) is 30.2 Å². The van der Waals surface area contributed by atoms with Gasteiger partial charge >= 0.3 is 5.97 Å². The molecule has 8 amide bonds. The van der Waals surface area contributed by atoms with Gasteiger partial charge in [-0.25, -0.2) is 4.79 Å². The molecule has 0 aliphatic heterocycles. The largest absolute Gasteiger partial charge is 0.480 e. The summed E-state index contributed by atoms with van der Waals surface area (Å²) in [6.45, 7) is 7.80. The second-order valence-corrected chi connectivity index (χ2v) is 13.2. The summed E-state index contributed by atoms with van der Waals surface area (Å²) >= 11 is 0. The van der Waals surface area contributed by atoms with Crippen LogP contribution in [0, 0.1) is 11.8 Å². The van der Waals surface area contributed by atoms with Gasteiger partial charge in [-0.2, -0.15) is 0 Å². The summed E-state index contributed by atoms with van der Waals surface area (Å²) in [4.78, 5) is 113. The van der Waals surface area contributed by atoms with E-state index in [1.807, 2.05) is 0 Å². The first-order chi connectivity index (χ1) is 24.7. The third kappa shape index (κ3) is 17.0. The van der Waals surface area contributed by atoms with E-state index in [0.29, 0.717) is 12.0 Å². The van der Waals surface area contributed by atoms with E-state index in [0.717, 1.165) is 0 Å². The summed E-state index contributed by atoms with van der Waals surface area (Å²) in [6.07, 6.45) is -0.672. The Hall–Kier alpha value is -5.59. The van der Waals surface area contributed by atoms with Crippen LogP contribution in [0.2, 0.25) is 0 Å². The Morgan fingerprint density at radius 2 is 1.25 bits per heavy atom. The number of benzene rings is 1. The zero-order valence-corrected chi connectivity index (χ0v) is 30.6. The first kappa shape index (κ1) is 45.4. The van der Waals surface area contributed by atoms with E-state index < -0.39 is 115 Å². The smallest absolute Gasteiger partial charge is 0.326 e. The Labute approximate surface area is 307 Å². The molecule has 0 aliphatic rings. The number of amides is 8. The Kier molecular flexibility index (Phi) is 19.2. The van der Waals surface area contributed by atoms with Crippen molar-refractivity contribution in [3.63, 3.8) is 0 Å². The number of carbonyl (C=O) groups is 9. The lowest BCUT2D eigenvalue weighted by molar-refractivity contribution is -0.143. The molecule has 19 nitrogen and oxygen atoms in total. The van der Waals surface area contributed by atoms with Crippen molar-refractivity contribution >= 4 is 53.2 Å². The topological polar surface area (TPSA) is 324 Å². The van der Waals surface area contributed by atoms with E-state index in [1.165, 1.54) is 6.92 Å². The van der Waals surface area contributed by atoms with Crippen LogP contribution < -0.4 is 49.1 Å². The van der Waals surface area contributed by atoms with Gasteiger partial charge in [-0.3, -0.25) is 38.4 Å². The predicted octanol–water partition coefficient (Wildman–Crippen LogP) is -2.96. The van der Waals surface area contributed by atoms with E-state index in [9.17, 15) is 48.3 Å². The number of hydrogen-bond acceptors (Lipinski definition) is 10. The minimum atomic E-state index is -1.58. The molecular formula is C34H53N9O10. The van der Waals surface area contributed by atoms with Gasteiger partial charge in [-0.15, -0.1) is 0 Å². The number of primary amides is 2. The van der Waals surface area contributed by atoms with Crippen molar-refractivity contribution in [3.8, 4) is 0 Å². The van der Waals surface area contributed by atoms with Crippen molar-refractivity contribution in [2.45, 2.75) is 103 Å². The average molecular weight is 748 g/mol. The number of hydrogen-bond donors (Lipinski definition) is 10. The Bertz CT molecular complexity index is 1470. The monoisotopic (exact) mass is 747 g/mol. The molecule has 0 fully saturated rings. The number of rotatable bonds is 23. The summed E-state index contributed by atoms with van der Waals surface area (Å²) < 4.78 is 0. The molecule has 0 aliphatic carbocycles. The van der Waals surface area contributed by atoms with Crippen LogP contribution in [-0.2, 0) is 49.6 Å². The van der Waals surface area contributed by atoms with Gasteiger partial charge in [0, 0.05) is 6.42 Å². The summed E-state index contributed by atoms with van der Waals surface area (Å²) in [7, 11) is 0. The predicted molar refractivity (Wildman–Crippen MR) is 191 cm³/mol. The van der Waals surface area contributed by atoms with Crippen molar-refractivity contribution in [1.82, 2.24) is 31.9 Å². The van der Waals surface area contributed by atoms with Gasteiger partial charge in [0.05, 0.1) is 25.4 Å². The molecule has 19 heteroatoms. The molecule has 0 bridgehead atoms. The average Bonchev–Trinajstić information content (AvgIpc) is 3.07. The Balaban J connectivity index is 3.02. The van der Waals surface area contributed by atoms with Crippen LogP contribution in [0.3, 0.4) is 0 Å². The second-order valence-electron chi connectivity index (χ2n) is 13.2. The van der Waals surface area contributed by atoms with Gasteiger partial charge < -0.3 is 54.2 Å². The van der Waals surface area contributed by atoms with Gasteiger partial charge in [-0.05, 0) is 30.7 Å². The fourth-order valence-electron chi connectivity index (χ4n) is 4.91. The molecule has 0 saturated carbocycles. The first-order valence-electron chi connectivity index (χ1n) is 17.1. The summed E-state index contributed by atoms with van der Waals surface area (Å²) in [6, 6.07) is 0.623. The molecule has 1 rings (SSSR count). The van der Waals surface area contributed by atoms with Gasteiger partial charge in [-0.1, -0.05) is 64.4 Å². The fourth-order valence-corrected chi connectivity index (χ4v) is 4.91. The van der Waals surface area contributed by atoms with Gasteiger partial charge in [0.15, 0.2) is 0 Å². The van der Waals surface area contributed by atoms with Crippen LogP contribution in [0.1, 0.15) is 65.9 Å². The molecule has 1 aromatic carbocycles. The number of aliphatic carboxylic acids is 1. The fraction of sp³-hybridized carbons (Fsp3) is 0.559. The standard InChI is InChI=1S/C34H53N9O10/c1-6-18(4)28(33(51)42-24(34(52)53)12-17(2)3)43-29(47)19(5)39-27(46)16-38-31(49)22(13-20-10-8-7-9-11-20)41-32(50)23(15-26(37)45)40-30(48)21(35)14-25(36)44/h7-11,17-19,21-24,28H,6,12-16,35H2,1-5H3,(H2,36,44)(H2,37,45)(H,38,49)(H,39,46)(H,40,48)(H,41,50)(H,42,51)(H,43,47)(H,52,53)/t18-,19-,21-,22-,23-,24-,28-/m0/s1. The molecule has 0 saturated heterocycles. The molecule has 53 heavy (non-hydrogen) atoms. The number of carbonyl (C=O) groups excluding carboxylic acids is 8. The number of carboxylic acids is 1. The summed E-state index contributed by atoms with van der Waals surface area (Å²) in [5.74, 6) is -8.54. The van der Waals surface area contributed by atoms with Gasteiger partial charge in [0.2, 0.25) is 47.3 Å². The van der Waals surface area contributed by atoms with Crippen molar-refractivity contribution in [1.29, 1.82) is 0 Å². The van der Waals surface area contributed by atoms with Crippen molar-refractivity contribution < 1.29 is 48.3 Å². The molecule has 294 valence electrons. The molecular weight excluding hydrogens is 694 g/mol. The molecule has 0 heterocycles. The Morgan fingerprint density at radius 1 is 0.679 bits per heavy atom. The third-order valence-electron chi connectivity index (χ3n) is 8.02. The molecule has 13 N–H and O–H groups in total. The van der Waals surface area contributed by atoms with Gasteiger partial charge in [0.25, 0.3) is 0 Å². The van der Waals surface area contributed by atoms with E-state index in [1.54, 1.807) is 58.0 Å². The third-order valence-corrected chi connectivity index (χ3v) is 8.02. The number of nitrogens with one attached hydrogen (secondary N) is 6. The zero-order valence-electron chi connectivity index (χ0n) is 30.6. The highest BCUT2D eigenvalue weighted by Crippen LogP contribution is 2.11. The lowest BCUT2D eigenvalue weighted by Crippen LogP contribution is -2.58. The quantitative estimate of drug-likeness (QED) is 0.0539. The molecule has 0 radical (unpaired) electrons. The highest BCUT2D eigenvalue weighted by Gasteiger charge is 2.33. The van der Waals surface area contributed by atoms with E-state index >= 15 is 0 Å². The van der Waals surface area contributed by atoms with Crippen LogP contribution in [0.4, 0.5) is 0 Å². The lowest BCUT2D eigenvalue weighted by Gasteiger charge is -2.27. The summed E-state index contributed by atoms with van der Waals surface area (Å²) in [5.41, 5.74) is 16.6. The first-order valence-corrected chi connectivity index (χ1v) is 17.1. The van der Waals surface area contributed by atoms with Crippen molar-refractivity contribution in [2.75, 3.05) is 6.54 Å². The van der Waals surface area contributed by atoms with Crippen LogP contribution >= 0.6 is 0 Å². The maximum atomic E-state index is 13.3. The normalized spacial score (nSPS) is 14.8. The Morgan fingerprint density at radius 3 is 1.77 bits per heavy atom. The van der Waals surface area contributed by atoms with Crippen molar-refractivity contribution in [3.05, 3.63) is 35.9 Å². The van der Waals surface area contributed by atoms with E-state index in [2.05, 4.69) is 31.9 Å². The molecule has 7 atom stereocenters. The minimum Gasteiger partial charge on any atom is -0.480 e. The van der Waals surface area contributed by atoms with Crippen molar-refractivity contribution in [2.24, 2.45) is 29.0 Å². The van der Waals surface area contributed by atoms with Crippen LogP contribution in [0.5, 0.6) is 0 Å². The summed E-state index contributed by atoms with van der Waals surface area (Å²) in [5, 5.41) is 24.0. The van der Waals surface area contributed by atoms with Crippen LogP contribution in [0.25, 0.3) is 0 Å². The van der Waals surface area contributed by atoms with Crippen LogP contribution in [-0.4, -0.2) is 101 Å². The number of carboxylic acid groups (broad SMARTS) is 1. The molecule has 0 aromatic heterocycles. The van der Waals surface area contributed by atoms with E-state index in [4.69, 9.17) is 17.2 Å². The highest BCUT2D eigenvalue weighted by molar-refractivity contribution is 5.97. The van der Waals surface area contributed by atoms with Crippen LogP contribution in [0.15, 0.2) is 30.3 Å². The minimum absolute atomic E-state index is 0.0276. The lowest BCUT2D eigenvalue weighted by atomic mass is 9.96. The maximum absolute atomic E-state index is 13.3. The molecule has 1 aromatic rings. The maximum Gasteiger partial charge on any atom is 0.326 e. The SMILES string of the molecule is CC[C@H](C)[C@H](NC(=O)[C@H](C)NC(=O)CNC(=O)[C@H](Cc1ccccc1)NC(=O)[C@H](CC(N)=O)NC(=O)[C@@H](N)CC(N)=O)C(=O)N[C@@H](CC(C)C)C(=O)O. The highest BCUT2D eigenvalue weighted by atomic mass is 16.4. The number of nitrogens with two attached hydrogens (primary N) is 3. The second kappa shape index (κ2) is 22.4. The molecule has 0 spiro atoms. The van der Waals surface area contributed by atoms with E-state index in [-0.39, 0.29) is 18.8 Å².